The van der Waals surface area contributed by atoms with Gasteiger partial charge >= 0.3 is 11.9 Å². The van der Waals surface area contributed by atoms with Crippen molar-refractivity contribution in [3.05, 3.63) is 0 Å². The summed E-state index contributed by atoms with van der Waals surface area (Å²) in [5.74, 6) is -0.560. The van der Waals surface area contributed by atoms with E-state index in [1.54, 1.807) is 7.05 Å². The first kappa shape index (κ1) is 38.8. The quantitative estimate of drug-likeness (QED) is 0.0386. The minimum atomic E-state index is -0.685. The van der Waals surface area contributed by atoms with Gasteiger partial charge in [0, 0.05) is 19.9 Å². The van der Waals surface area contributed by atoms with E-state index < -0.39 is 6.10 Å². The molecule has 7 nitrogen and oxygen atoms in total. The number of ether oxygens (including phenoxy) is 2. The lowest BCUT2D eigenvalue weighted by molar-refractivity contribution is -0.207. The van der Waals surface area contributed by atoms with Gasteiger partial charge in [-0.05, 0) is 12.8 Å². The molecule has 0 aliphatic carbocycles. The number of hydrogen-bond acceptors (Lipinski definition) is 7. The Morgan fingerprint density at radius 1 is 0.575 bits per heavy atom. The fraction of sp³-hybridized carbons (Fsp3) is 0.939. The lowest BCUT2D eigenvalue weighted by Gasteiger charge is -2.21. The number of aliphatic hydroxyl groups is 1. The van der Waals surface area contributed by atoms with E-state index in [2.05, 4.69) is 13.8 Å². The SMILES string of the molecule is CCCCCCCCCCCCCC(=O)OCC(CON(C)CO)OC(=O)CCCCCCCCCCCCC. The molecule has 0 aliphatic heterocycles. The van der Waals surface area contributed by atoms with Crippen molar-refractivity contribution in [2.24, 2.45) is 0 Å². The summed E-state index contributed by atoms with van der Waals surface area (Å²) in [5, 5.41) is 10.4. The molecule has 1 atom stereocenters. The highest BCUT2D eigenvalue weighted by molar-refractivity contribution is 5.70. The number of carbonyl (C=O) groups excluding carboxylic acids is 2. The van der Waals surface area contributed by atoms with E-state index in [1.807, 2.05) is 0 Å². The number of unbranched alkanes of at least 4 members (excludes halogenated alkanes) is 20. The molecule has 1 N–H and O–H groups in total. The van der Waals surface area contributed by atoms with Crippen molar-refractivity contribution in [2.75, 3.05) is 27.0 Å². The predicted molar refractivity (Wildman–Crippen MR) is 164 cm³/mol. The molecule has 0 rings (SSSR count). The minimum absolute atomic E-state index is 0.0276. The van der Waals surface area contributed by atoms with Crippen LogP contribution in [-0.2, 0) is 23.9 Å². The van der Waals surface area contributed by atoms with Gasteiger partial charge in [-0.2, -0.15) is 5.06 Å². The molecule has 0 saturated carbocycles. The number of aliphatic hydroxyl groups excluding tert-OH is 1. The summed E-state index contributed by atoms with van der Waals surface area (Å²) in [6.07, 6.45) is 27.1. The van der Waals surface area contributed by atoms with E-state index in [9.17, 15) is 9.59 Å². The maximum Gasteiger partial charge on any atom is 0.306 e. The maximum atomic E-state index is 12.4. The van der Waals surface area contributed by atoms with Crippen molar-refractivity contribution < 1.29 is 29.0 Å². The molecule has 0 radical (unpaired) electrons. The molecule has 40 heavy (non-hydrogen) atoms. The predicted octanol–water partition coefficient (Wildman–Crippen LogP) is 8.66. The summed E-state index contributed by atoms with van der Waals surface area (Å²) >= 11 is 0. The van der Waals surface area contributed by atoms with Crippen molar-refractivity contribution in [3.63, 3.8) is 0 Å². The molecule has 0 aliphatic rings. The van der Waals surface area contributed by atoms with E-state index in [1.165, 1.54) is 108 Å². The number of rotatable bonds is 31. The molecule has 0 heterocycles. The van der Waals surface area contributed by atoms with Gasteiger partial charge in [0.2, 0.25) is 0 Å². The number of esters is 2. The van der Waals surface area contributed by atoms with Crippen LogP contribution in [-0.4, -0.2) is 55.2 Å². The molecular weight excluding hydrogens is 506 g/mol. The molecule has 0 fully saturated rings. The second kappa shape index (κ2) is 30.8. The molecular formula is C33H65NO6. The van der Waals surface area contributed by atoms with Crippen LogP contribution in [0, 0.1) is 0 Å². The minimum Gasteiger partial charge on any atom is -0.462 e. The van der Waals surface area contributed by atoms with Crippen LogP contribution in [0.5, 0.6) is 0 Å². The molecule has 0 aromatic rings. The van der Waals surface area contributed by atoms with Crippen LogP contribution in [0.2, 0.25) is 0 Å². The Morgan fingerprint density at radius 2 is 0.950 bits per heavy atom. The van der Waals surface area contributed by atoms with Gasteiger partial charge in [0.05, 0.1) is 0 Å². The number of hydroxylamine groups is 2. The highest BCUT2D eigenvalue weighted by atomic mass is 16.7. The summed E-state index contributed by atoms with van der Waals surface area (Å²) in [6.45, 7) is 4.22. The summed E-state index contributed by atoms with van der Waals surface area (Å²) < 4.78 is 10.9. The normalized spacial score (nSPS) is 12.1. The van der Waals surface area contributed by atoms with Gasteiger partial charge in [-0.15, -0.1) is 0 Å². The highest BCUT2D eigenvalue weighted by Gasteiger charge is 2.18. The highest BCUT2D eigenvalue weighted by Crippen LogP contribution is 2.14. The summed E-state index contributed by atoms with van der Waals surface area (Å²) in [5.41, 5.74) is 0. The zero-order chi connectivity index (χ0) is 29.5. The largest absolute Gasteiger partial charge is 0.462 e. The lowest BCUT2D eigenvalue weighted by atomic mass is 10.1. The van der Waals surface area contributed by atoms with Gasteiger partial charge in [-0.25, -0.2) is 0 Å². The van der Waals surface area contributed by atoms with E-state index in [0.29, 0.717) is 12.8 Å². The summed E-state index contributed by atoms with van der Waals surface area (Å²) in [7, 11) is 1.59. The zero-order valence-electron chi connectivity index (χ0n) is 26.6. The Labute approximate surface area is 247 Å². The molecule has 0 amide bonds. The standard InChI is InChI=1S/C33H65NO6/c1-4-6-8-10-12-14-16-18-20-22-24-26-32(36)38-28-31(29-39-34(3)30-35)40-33(37)27-25-23-21-19-17-15-13-11-9-7-5-2/h31,35H,4-30H2,1-3H3. The van der Waals surface area contributed by atoms with Gasteiger partial charge < -0.3 is 14.6 Å². The van der Waals surface area contributed by atoms with Crippen LogP contribution in [0.4, 0.5) is 0 Å². The summed E-state index contributed by atoms with van der Waals surface area (Å²) in [4.78, 5) is 30.0. The van der Waals surface area contributed by atoms with Crippen molar-refractivity contribution >= 4 is 11.9 Å². The first-order valence-corrected chi connectivity index (χ1v) is 16.8. The smallest absolute Gasteiger partial charge is 0.306 e. The first-order chi connectivity index (χ1) is 19.5. The Hall–Kier alpha value is -1.18. The number of hydrogen-bond donors (Lipinski definition) is 1. The second-order valence-electron chi connectivity index (χ2n) is 11.4. The molecule has 238 valence electrons. The molecule has 0 aromatic carbocycles. The van der Waals surface area contributed by atoms with Crippen LogP contribution < -0.4 is 0 Å². The second-order valence-corrected chi connectivity index (χ2v) is 11.4. The Kier molecular flexibility index (Phi) is 29.9. The Bertz CT molecular complexity index is 559. The molecule has 1 unspecified atom stereocenters. The van der Waals surface area contributed by atoms with Crippen molar-refractivity contribution in [2.45, 2.75) is 174 Å². The van der Waals surface area contributed by atoms with Gasteiger partial charge in [0.15, 0.2) is 6.10 Å². The molecule has 0 bridgehead atoms. The Morgan fingerprint density at radius 3 is 1.35 bits per heavy atom. The van der Waals surface area contributed by atoms with Gasteiger partial charge in [0.1, 0.15) is 19.9 Å². The van der Waals surface area contributed by atoms with Gasteiger partial charge in [-0.1, -0.05) is 142 Å². The summed E-state index contributed by atoms with van der Waals surface area (Å²) in [6, 6.07) is 0. The monoisotopic (exact) mass is 571 g/mol. The molecule has 0 aromatic heterocycles. The van der Waals surface area contributed by atoms with Crippen LogP contribution in [0.25, 0.3) is 0 Å². The first-order valence-electron chi connectivity index (χ1n) is 16.8. The average Bonchev–Trinajstić information content (AvgIpc) is 2.95. The van der Waals surface area contributed by atoms with Gasteiger partial charge in [0.25, 0.3) is 0 Å². The lowest BCUT2D eigenvalue weighted by Crippen LogP contribution is -2.33. The van der Waals surface area contributed by atoms with E-state index in [4.69, 9.17) is 19.4 Å². The average molecular weight is 572 g/mol. The van der Waals surface area contributed by atoms with Crippen LogP contribution in [0.3, 0.4) is 0 Å². The third-order valence-corrected chi connectivity index (χ3v) is 7.38. The Balaban J connectivity index is 3.98. The zero-order valence-corrected chi connectivity index (χ0v) is 26.6. The number of nitrogens with zero attached hydrogens (tertiary/aromatic N) is 1. The maximum absolute atomic E-state index is 12.4. The third-order valence-electron chi connectivity index (χ3n) is 7.38. The van der Waals surface area contributed by atoms with E-state index in [-0.39, 0.29) is 31.9 Å². The van der Waals surface area contributed by atoms with Gasteiger partial charge in [-0.3, -0.25) is 14.4 Å². The fourth-order valence-electron chi connectivity index (χ4n) is 4.74. The van der Waals surface area contributed by atoms with Crippen LogP contribution in [0.15, 0.2) is 0 Å². The van der Waals surface area contributed by atoms with Crippen LogP contribution >= 0.6 is 0 Å². The van der Waals surface area contributed by atoms with Crippen LogP contribution in [0.1, 0.15) is 168 Å². The van der Waals surface area contributed by atoms with E-state index in [0.717, 1.165) is 38.5 Å². The molecule has 0 saturated heterocycles. The topological polar surface area (TPSA) is 85.3 Å². The fourth-order valence-corrected chi connectivity index (χ4v) is 4.74. The van der Waals surface area contributed by atoms with E-state index >= 15 is 0 Å². The van der Waals surface area contributed by atoms with Crippen molar-refractivity contribution in [1.29, 1.82) is 0 Å². The molecule has 7 heteroatoms. The number of carbonyl (C=O) groups is 2. The third kappa shape index (κ3) is 28.4. The van der Waals surface area contributed by atoms with Crippen molar-refractivity contribution in [1.82, 2.24) is 5.06 Å². The molecule has 0 spiro atoms. The van der Waals surface area contributed by atoms with Crippen molar-refractivity contribution in [3.8, 4) is 0 Å².